The summed E-state index contributed by atoms with van der Waals surface area (Å²) in [5.74, 6) is 5.03. The Morgan fingerprint density at radius 1 is 1.26 bits per heavy atom. The summed E-state index contributed by atoms with van der Waals surface area (Å²) >= 11 is 5.87. The van der Waals surface area contributed by atoms with Crippen molar-refractivity contribution in [1.82, 2.24) is 15.1 Å². The van der Waals surface area contributed by atoms with Crippen molar-refractivity contribution in [3.05, 3.63) is 40.6 Å². The highest BCUT2D eigenvalue weighted by Gasteiger charge is 2.26. The second kappa shape index (κ2) is 6.67. The number of piperazine rings is 1. The number of rotatable bonds is 4. The predicted octanol–water partition coefficient (Wildman–Crippen LogP) is 1.68. The maximum absolute atomic E-state index is 11.7. The van der Waals surface area contributed by atoms with E-state index in [4.69, 9.17) is 22.0 Å². The standard InChI is InChI=1S/C15H17ClN4O3/c16-11-3-1-10(2-4-11)14-13(15(21)22)12(23-18-14)9-19-5-7-20(17)8-6-19/h1-4H,5-9,17H2,(H,21,22). The van der Waals surface area contributed by atoms with Crippen molar-refractivity contribution in [2.24, 2.45) is 5.84 Å². The van der Waals surface area contributed by atoms with Gasteiger partial charge in [0.25, 0.3) is 0 Å². The topological polar surface area (TPSA) is 95.8 Å². The number of benzene rings is 1. The number of aromatic nitrogens is 1. The minimum Gasteiger partial charge on any atom is -0.477 e. The van der Waals surface area contributed by atoms with Crippen LogP contribution < -0.4 is 5.84 Å². The summed E-state index contributed by atoms with van der Waals surface area (Å²) in [6.07, 6.45) is 0. The normalized spacial score (nSPS) is 16.6. The van der Waals surface area contributed by atoms with Crippen LogP contribution in [0.15, 0.2) is 28.8 Å². The number of hydrogen-bond donors (Lipinski definition) is 2. The molecule has 2 heterocycles. The fourth-order valence-electron chi connectivity index (χ4n) is 2.58. The van der Waals surface area contributed by atoms with Crippen LogP contribution in [-0.2, 0) is 6.54 Å². The fraction of sp³-hybridized carbons (Fsp3) is 0.333. The van der Waals surface area contributed by atoms with Crippen LogP contribution >= 0.6 is 11.6 Å². The Labute approximate surface area is 138 Å². The largest absolute Gasteiger partial charge is 0.477 e. The van der Waals surface area contributed by atoms with Crippen LogP contribution in [0.1, 0.15) is 16.1 Å². The molecule has 23 heavy (non-hydrogen) atoms. The van der Waals surface area contributed by atoms with Gasteiger partial charge in [0, 0.05) is 36.8 Å². The molecule has 1 aromatic carbocycles. The van der Waals surface area contributed by atoms with Gasteiger partial charge in [0.2, 0.25) is 0 Å². The lowest BCUT2D eigenvalue weighted by molar-refractivity contribution is 0.0690. The number of nitrogens with two attached hydrogens (primary N) is 1. The van der Waals surface area contributed by atoms with Crippen molar-refractivity contribution in [1.29, 1.82) is 0 Å². The van der Waals surface area contributed by atoms with E-state index in [1.54, 1.807) is 29.3 Å². The lowest BCUT2D eigenvalue weighted by atomic mass is 10.1. The first-order chi connectivity index (χ1) is 11.0. The highest BCUT2D eigenvalue weighted by molar-refractivity contribution is 6.30. The Morgan fingerprint density at radius 2 is 1.91 bits per heavy atom. The number of halogens is 1. The quantitative estimate of drug-likeness (QED) is 0.820. The summed E-state index contributed by atoms with van der Waals surface area (Å²) in [7, 11) is 0. The Morgan fingerprint density at radius 3 is 2.52 bits per heavy atom. The summed E-state index contributed by atoms with van der Waals surface area (Å²) in [5, 5.41) is 15.8. The van der Waals surface area contributed by atoms with E-state index in [0.29, 0.717) is 28.6 Å². The lowest BCUT2D eigenvalue weighted by Crippen LogP contribution is -2.48. The molecule has 3 rings (SSSR count). The average molecular weight is 337 g/mol. The van der Waals surface area contributed by atoms with Gasteiger partial charge in [0.1, 0.15) is 11.3 Å². The molecule has 0 atom stereocenters. The van der Waals surface area contributed by atoms with Gasteiger partial charge in [-0.2, -0.15) is 0 Å². The molecule has 8 heteroatoms. The SMILES string of the molecule is NN1CCN(Cc2onc(-c3ccc(Cl)cc3)c2C(=O)O)CC1. The van der Waals surface area contributed by atoms with E-state index in [9.17, 15) is 9.90 Å². The molecule has 7 nitrogen and oxygen atoms in total. The molecule has 0 amide bonds. The molecule has 0 unspecified atom stereocenters. The first-order valence-electron chi connectivity index (χ1n) is 7.24. The van der Waals surface area contributed by atoms with E-state index >= 15 is 0 Å². The van der Waals surface area contributed by atoms with Gasteiger partial charge in [0.15, 0.2) is 5.76 Å². The molecule has 1 aliphatic heterocycles. The summed E-state index contributed by atoms with van der Waals surface area (Å²) in [6, 6.07) is 6.84. The van der Waals surface area contributed by atoms with E-state index in [0.717, 1.165) is 26.2 Å². The van der Waals surface area contributed by atoms with E-state index in [-0.39, 0.29) is 5.56 Å². The van der Waals surface area contributed by atoms with E-state index in [1.807, 2.05) is 0 Å². The number of hydrogen-bond acceptors (Lipinski definition) is 6. The third-order valence-electron chi connectivity index (χ3n) is 3.87. The number of hydrazine groups is 1. The third kappa shape index (κ3) is 3.53. The van der Waals surface area contributed by atoms with E-state index < -0.39 is 5.97 Å². The van der Waals surface area contributed by atoms with Crippen molar-refractivity contribution in [2.45, 2.75) is 6.54 Å². The molecule has 3 N–H and O–H groups in total. The van der Waals surface area contributed by atoms with Gasteiger partial charge >= 0.3 is 5.97 Å². The maximum atomic E-state index is 11.7. The molecule has 1 saturated heterocycles. The zero-order valence-corrected chi connectivity index (χ0v) is 13.2. The Balaban J connectivity index is 1.87. The third-order valence-corrected chi connectivity index (χ3v) is 4.12. The Hall–Kier alpha value is -1.93. The smallest absolute Gasteiger partial charge is 0.341 e. The number of carboxylic acid groups (broad SMARTS) is 1. The molecule has 0 aliphatic carbocycles. The van der Waals surface area contributed by atoms with Crippen LogP contribution in [-0.4, -0.2) is 52.3 Å². The molecule has 0 saturated carbocycles. The van der Waals surface area contributed by atoms with Crippen molar-refractivity contribution in [3.8, 4) is 11.3 Å². The molecule has 0 bridgehead atoms. The molecular formula is C15H17ClN4O3. The van der Waals surface area contributed by atoms with Gasteiger partial charge < -0.3 is 9.63 Å². The van der Waals surface area contributed by atoms with Crippen LogP contribution in [0, 0.1) is 0 Å². The van der Waals surface area contributed by atoms with Gasteiger partial charge in [-0.15, -0.1) is 0 Å². The van der Waals surface area contributed by atoms with Gasteiger partial charge in [-0.05, 0) is 12.1 Å². The molecule has 1 aliphatic rings. The summed E-state index contributed by atoms with van der Waals surface area (Å²) < 4.78 is 5.32. The Bertz CT molecular complexity index is 693. The summed E-state index contributed by atoms with van der Waals surface area (Å²) in [6.45, 7) is 3.39. The second-order valence-corrected chi connectivity index (χ2v) is 5.89. The van der Waals surface area contributed by atoms with Crippen molar-refractivity contribution >= 4 is 17.6 Å². The van der Waals surface area contributed by atoms with Crippen LogP contribution in [0.4, 0.5) is 0 Å². The highest BCUT2D eigenvalue weighted by atomic mass is 35.5. The number of aromatic carboxylic acids is 1. The van der Waals surface area contributed by atoms with Gasteiger partial charge in [-0.25, -0.2) is 9.80 Å². The average Bonchev–Trinajstić information content (AvgIpc) is 2.94. The first-order valence-corrected chi connectivity index (χ1v) is 7.62. The number of carbonyl (C=O) groups is 1. The highest BCUT2D eigenvalue weighted by Crippen LogP contribution is 2.27. The molecule has 1 fully saturated rings. The predicted molar refractivity (Wildman–Crippen MR) is 84.9 cm³/mol. The minimum atomic E-state index is -1.05. The molecule has 122 valence electrons. The van der Waals surface area contributed by atoms with Crippen LogP contribution in [0.5, 0.6) is 0 Å². The van der Waals surface area contributed by atoms with Crippen LogP contribution in [0.3, 0.4) is 0 Å². The monoisotopic (exact) mass is 336 g/mol. The number of nitrogens with zero attached hydrogens (tertiary/aromatic N) is 3. The minimum absolute atomic E-state index is 0.0995. The van der Waals surface area contributed by atoms with Crippen molar-refractivity contribution < 1.29 is 14.4 Å². The van der Waals surface area contributed by atoms with Crippen molar-refractivity contribution in [2.75, 3.05) is 26.2 Å². The lowest BCUT2D eigenvalue weighted by Gasteiger charge is -2.31. The van der Waals surface area contributed by atoms with E-state index in [1.165, 1.54) is 0 Å². The first kappa shape index (κ1) is 15.9. The fourth-order valence-corrected chi connectivity index (χ4v) is 2.71. The summed E-state index contributed by atoms with van der Waals surface area (Å²) in [4.78, 5) is 13.8. The van der Waals surface area contributed by atoms with Crippen LogP contribution in [0.2, 0.25) is 5.02 Å². The van der Waals surface area contributed by atoms with E-state index in [2.05, 4.69) is 10.1 Å². The number of carboxylic acids is 1. The molecule has 0 radical (unpaired) electrons. The molecule has 2 aromatic rings. The molecule has 1 aromatic heterocycles. The zero-order chi connectivity index (χ0) is 16.4. The zero-order valence-electron chi connectivity index (χ0n) is 12.4. The second-order valence-electron chi connectivity index (χ2n) is 5.45. The van der Waals surface area contributed by atoms with Gasteiger partial charge in [-0.1, -0.05) is 28.9 Å². The van der Waals surface area contributed by atoms with Gasteiger partial charge in [-0.3, -0.25) is 10.7 Å². The Kier molecular flexibility index (Phi) is 4.63. The van der Waals surface area contributed by atoms with Gasteiger partial charge in [0.05, 0.1) is 6.54 Å². The molecular weight excluding hydrogens is 320 g/mol. The summed E-state index contributed by atoms with van der Waals surface area (Å²) in [5.41, 5.74) is 1.08. The molecule has 0 spiro atoms. The van der Waals surface area contributed by atoms with Crippen molar-refractivity contribution in [3.63, 3.8) is 0 Å². The van der Waals surface area contributed by atoms with Crippen LogP contribution in [0.25, 0.3) is 11.3 Å². The maximum Gasteiger partial charge on any atom is 0.341 e.